The van der Waals surface area contributed by atoms with E-state index in [-0.39, 0.29) is 12.5 Å². The lowest BCUT2D eigenvalue weighted by Gasteiger charge is -2.34. The van der Waals surface area contributed by atoms with Crippen LogP contribution in [-0.4, -0.2) is 40.3 Å². The van der Waals surface area contributed by atoms with E-state index in [1.54, 1.807) is 17.1 Å². The number of amides is 1. The highest BCUT2D eigenvalue weighted by molar-refractivity contribution is 5.75. The quantitative estimate of drug-likeness (QED) is 0.904. The van der Waals surface area contributed by atoms with Crippen LogP contribution in [0.4, 0.5) is 5.69 Å². The Balaban J connectivity index is 1.47. The molecule has 0 bridgehead atoms. The molecule has 6 heteroatoms. The van der Waals surface area contributed by atoms with Gasteiger partial charge in [-0.2, -0.15) is 5.10 Å². The Kier molecular flexibility index (Phi) is 4.68. The Hall–Kier alpha value is -2.37. The molecule has 1 saturated heterocycles. The summed E-state index contributed by atoms with van der Waals surface area (Å²) in [4.78, 5) is 18.3. The van der Waals surface area contributed by atoms with Crippen LogP contribution in [0.2, 0.25) is 0 Å². The first-order valence-electron chi connectivity index (χ1n) is 7.70. The molecule has 1 amide bonds. The van der Waals surface area contributed by atoms with Gasteiger partial charge < -0.3 is 10.2 Å². The average molecular weight is 299 g/mol. The van der Waals surface area contributed by atoms with Crippen molar-refractivity contribution in [2.75, 3.05) is 24.5 Å². The molecule has 3 heterocycles. The molecule has 22 heavy (non-hydrogen) atoms. The van der Waals surface area contributed by atoms with Gasteiger partial charge >= 0.3 is 0 Å². The van der Waals surface area contributed by atoms with Crippen LogP contribution in [0.15, 0.2) is 43.0 Å². The lowest BCUT2D eigenvalue weighted by Crippen LogP contribution is -2.41. The summed E-state index contributed by atoms with van der Waals surface area (Å²) in [5.74, 6) is 0.508. The molecule has 0 spiro atoms. The maximum absolute atomic E-state index is 11.9. The van der Waals surface area contributed by atoms with Crippen LogP contribution in [0.1, 0.15) is 12.8 Å². The molecule has 0 aliphatic carbocycles. The normalized spacial score (nSPS) is 18.2. The van der Waals surface area contributed by atoms with Crippen LogP contribution in [-0.2, 0) is 11.3 Å². The Morgan fingerprint density at radius 3 is 2.95 bits per heavy atom. The number of hydrogen-bond acceptors (Lipinski definition) is 4. The third kappa shape index (κ3) is 3.84. The van der Waals surface area contributed by atoms with Gasteiger partial charge in [0.25, 0.3) is 0 Å². The Morgan fingerprint density at radius 1 is 1.32 bits per heavy atom. The number of rotatable bonds is 5. The van der Waals surface area contributed by atoms with Gasteiger partial charge in [0, 0.05) is 50.1 Å². The molecular weight excluding hydrogens is 278 g/mol. The zero-order chi connectivity index (χ0) is 15.2. The van der Waals surface area contributed by atoms with Crippen LogP contribution in [0.5, 0.6) is 0 Å². The fraction of sp³-hybridized carbons (Fsp3) is 0.438. The van der Waals surface area contributed by atoms with Gasteiger partial charge in [-0.25, -0.2) is 0 Å². The molecule has 6 nitrogen and oxygen atoms in total. The minimum absolute atomic E-state index is 0.0183. The van der Waals surface area contributed by atoms with Gasteiger partial charge in [0.05, 0.1) is 0 Å². The second kappa shape index (κ2) is 7.06. The largest absolute Gasteiger partial charge is 0.371 e. The second-order valence-corrected chi connectivity index (χ2v) is 5.67. The van der Waals surface area contributed by atoms with Crippen molar-refractivity contribution >= 4 is 11.6 Å². The molecule has 1 aliphatic rings. The Morgan fingerprint density at radius 2 is 2.18 bits per heavy atom. The fourth-order valence-corrected chi connectivity index (χ4v) is 2.88. The van der Waals surface area contributed by atoms with Gasteiger partial charge in [-0.3, -0.25) is 14.5 Å². The standard InChI is InChI=1S/C16H21N5O/c22-16(13-21-10-2-6-19-21)18-11-14-3-1-9-20(12-14)15-4-7-17-8-5-15/h2,4-8,10,14H,1,3,9,11-13H2,(H,18,22). The SMILES string of the molecule is O=C(Cn1cccn1)NCC1CCCN(c2ccncc2)C1. The predicted molar refractivity (Wildman–Crippen MR) is 84.4 cm³/mol. The number of aromatic nitrogens is 3. The molecule has 116 valence electrons. The van der Waals surface area contributed by atoms with Crippen LogP contribution in [0, 0.1) is 5.92 Å². The summed E-state index contributed by atoms with van der Waals surface area (Å²) in [6, 6.07) is 5.90. The van der Waals surface area contributed by atoms with Gasteiger partial charge in [0.2, 0.25) is 5.91 Å². The smallest absolute Gasteiger partial charge is 0.241 e. The van der Waals surface area contributed by atoms with Crippen molar-refractivity contribution < 1.29 is 4.79 Å². The maximum atomic E-state index is 11.9. The minimum atomic E-state index is 0.0183. The fourth-order valence-electron chi connectivity index (χ4n) is 2.88. The van der Waals surface area contributed by atoms with E-state index in [0.29, 0.717) is 5.92 Å². The second-order valence-electron chi connectivity index (χ2n) is 5.67. The van der Waals surface area contributed by atoms with E-state index in [2.05, 4.69) is 20.3 Å². The Bertz CT molecular complexity index is 584. The van der Waals surface area contributed by atoms with Gasteiger partial charge in [-0.05, 0) is 37.0 Å². The van der Waals surface area contributed by atoms with E-state index < -0.39 is 0 Å². The molecule has 0 radical (unpaired) electrons. The molecule has 0 saturated carbocycles. The summed E-state index contributed by atoms with van der Waals surface area (Å²) in [6.45, 7) is 3.06. The van der Waals surface area contributed by atoms with Crippen LogP contribution in [0.3, 0.4) is 0 Å². The van der Waals surface area contributed by atoms with Crippen molar-refractivity contribution in [3.8, 4) is 0 Å². The van der Waals surface area contributed by atoms with E-state index in [1.165, 1.54) is 5.69 Å². The first-order valence-corrected chi connectivity index (χ1v) is 7.70. The highest BCUT2D eigenvalue weighted by Gasteiger charge is 2.20. The molecule has 2 aromatic rings. The third-order valence-corrected chi connectivity index (χ3v) is 4.00. The van der Waals surface area contributed by atoms with E-state index in [1.807, 2.05) is 30.6 Å². The van der Waals surface area contributed by atoms with Crippen LogP contribution < -0.4 is 10.2 Å². The number of hydrogen-bond donors (Lipinski definition) is 1. The number of pyridine rings is 1. The van der Waals surface area contributed by atoms with E-state index in [9.17, 15) is 4.79 Å². The van der Waals surface area contributed by atoms with Crippen molar-refractivity contribution in [1.29, 1.82) is 0 Å². The highest BCUT2D eigenvalue weighted by Crippen LogP contribution is 2.21. The van der Waals surface area contributed by atoms with Crippen LogP contribution >= 0.6 is 0 Å². The van der Waals surface area contributed by atoms with Crippen molar-refractivity contribution in [3.63, 3.8) is 0 Å². The molecule has 0 aromatic carbocycles. The number of carbonyl (C=O) groups is 1. The molecule has 1 fully saturated rings. The lowest BCUT2D eigenvalue weighted by atomic mass is 9.97. The first-order chi connectivity index (χ1) is 10.8. The van der Waals surface area contributed by atoms with Gasteiger partial charge in [-0.1, -0.05) is 0 Å². The van der Waals surface area contributed by atoms with Gasteiger partial charge in [-0.15, -0.1) is 0 Å². The molecule has 1 atom stereocenters. The van der Waals surface area contributed by atoms with Crippen molar-refractivity contribution in [3.05, 3.63) is 43.0 Å². The topological polar surface area (TPSA) is 63.1 Å². The molecular formula is C16H21N5O. The van der Waals surface area contributed by atoms with Gasteiger partial charge in [0.1, 0.15) is 6.54 Å². The maximum Gasteiger partial charge on any atom is 0.241 e. The van der Waals surface area contributed by atoms with Crippen molar-refractivity contribution in [2.24, 2.45) is 5.92 Å². The number of nitrogens with one attached hydrogen (secondary N) is 1. The summed E-state index contributed by atoms with van der Waals surface area (Å²) in [7, 11) is 0. The van der Waals surface area contributed by atoms with E-state index in [4.69, 9.17) is 0 Å². The summed E-state index contributed by atoms with van der Waals surface area (Å²) in [6.07, 6.45) is 9.44. The first kappa shape index (κ1) is 14.6. The Labute approximate surface area is 130 Å². The predicted octanol–water partition coefficient (Wildman–Crippen LogP) is 1.31. The lowest BCUT2D eigenvalue weighted by molar-refractivity contribution is -0.122. The molecule has 1 aliphatic heterocycles. The number of carbonyl (C=O) groups excluding carboxylic acids is 1. The highest BCUT2D eigenvalue weighted by atomic mass is 16.2. The van der Waals surface area contributed by atoms with Crippen LogP contribution in [0.25, 0.3) is 0 Å². The van der Waals surface area contributed by atoms with Gasteiger partial charge in [0.15, 0.2) is 0 Å². The average Bonchev–Trinajstić information content (AvgIpc) is 3.07. The monoisotopic (exact) mass is 299 g/mol. The van der Waals surface area contributed by atoms with Crippen molar-refractivity contribution in [1.82, 2.24) is 20.1 Å². The number of anilines is 1. The molecule has 2 aromatic heterocycles. The van der Waals surface area contributed by atoms with Crippen molar-refractivity contribution in [2.45, 2.75) is 19.4 Å². The third-order valence-electron chi connectivity index (χ3n) is 4.00. The summed E-state index contributed by atoms with van der Waals surface area (Å²) in [5.41, 5.74) is 1.21. The zero-order valence-corrected chi connectivity index (χ0v) is 12.6. The summed E-state index contributed by atoms with van der Waals surface area (Å²) in [5, 5.41) is 7.07. The summed E-state index contributed by atoms with van der Waals surface area (Å²) < 4.78 is 1.64. The van der Waals surface area contributed by atoms with E-state index >= 15 is 0 Å². The molecule has 1 unspecified atom stereocenters. The summed E-state index contributed by atoms with van der Waals surface area (Å²) >= 11 is 0. The molecule has 1 N–H and O–H groups in total. The minimum Gasteiger partial charge on any atom is -0.371 e. The molecule has 3 rings (SSSR count). The van der Waals surface area contributed by atoms with E-state index in [0.717, 1.165) is 32.5 Å². The number of nitrogens with zero attached hydrogens (tertiary/aromatic N) is 4. The number of piperidine rings is 1. The zero-order valence-electron chi connectivity index (χ0n) is 12.6.